The second-order valence-corrected chi connectivity index (χ2v) is 7.22. The zero-order valence-electron chi connectivity index (χ0n) is 13.7. The van der Waals surface area contributed by atoms with E-state index in [9.17, 15) is 9.59 Å². The SMILES string of the molecule is CCOC(=O)Cc1csc(NC(=O)CCc2nc3ccccc3s2)n1. The quantitative estimate of drug-likeness (QED) is 0.640. The van der Waals surface area contributed by atoms with E-state index in [0.717, 1.165) is 15.2 Å². The monoisotopic (exact) mass is 375 g/mol. The molecule has 3 aromatic rings. The third-order valence-corrected chi connectivity index (χ3v) is 5.24. The molecule has 2 aromatic heterocycles. The second-order valence-electron chi connectivity index (χ2n) is 5.25. The maximum absolute atomic E-state index is 12.1. The number of carbonyl (C=O) groups is 2. The van der Waals surface area contributed by atoms with Gasteiger partial charge in [0.05, 0.1) is 33.9 Å². The fourth-order valence-electron chi connectivity index (χ4n) is 2.23. The van der Waals surface area contributed by atoms with Crippen LogP contribution in [0.15, 0.2) is 29.6 Å². The van der Waals surface area contributed by atoms with Crippen molar-refractivity contribution in [3.63, 3.8) is 0 Å². The van der Waals surface area contributed by atoms with Gasteiger partial charge >= 0.3 is 5.97 Å². The molecule has 0 saturated heterocycles. The van der Waals surface area contributed by atoms with E-state index in [1.54, 1.807) is 23.6 Å². The minimum Gasteiger partial charge on any atom is -0.466 e. The number of esters is 1. The largest absolute Gasteiger partial charge is 0.466 e. The van der Waals surface area contributed by atoms with Crippen LogP contribution in [-0.2, 0) is 27.2 Å². The number of hydrogen-bond donors (Lipinski definition) is 1. The van der Waals surface area contributed by atoms with E-state index in [4.69, 9.17) is 4.74 Å². The van der Waals surface area contributed by atoms with Gasteiger partial charge in [-0.3, -0.25) is 9.59 Å². The molecule has 0 unspecified atom stereocenters. The number of nitrogens with zero attached hydrogens (tertiary/aromatic N) is 2. The molecular weight excluding hydrogens is 358 g/mol. The van der Waals surface area contributed by atoms with Crippen LogP contribution >= 0.6 is 22.7 Å². The Labute approximate surface area is 152 Å². The smallest absolute Gasteiger partial charge is 0.311 e. The van der Waals surface area contributed by atoms with E-state index in [1.165, 1.54) is 11.3 Å². The Bertz CT molecular complexity index is 855. The third kappa shape index (κ3) is 4.83. The summed E-state index contributed by atoms with van der Waals surface area (Å²) in [5.41, 5.74) is 1.57. The van der Waals surface area contributed by atoms with Crippen molar-refractivity contribution in [3.05, 3.63) is 40.3 Å². The molecule has 6 nitrogen and oxygen atoms in total. The average molecular weight is 375 g/mol. The fourth-order valence-corrected chi connectivity index (χ4v) is 3.93. The lowest BCUT2D eigenvalue weighted by atomic mass is 10.3. The number of fused-ring (bicyclic) bond motifs is 1. The van der Waals surface area contributed by atoms with Gasteiger partial charge in [0, 0.05) is 18.2 Å². The van der Waals surface area contributed by atoms with Crippen LogP contribution in [0.3, 0.4) is 0 Å². The highest BCUT2D eigenvalue weighted by atomic mass is 32.1. The van der Waals surface area contributed by atoms with Gasteiger partial charge < -0.3 is 10.1 Å². The van der Waals surface area contributed by atoms with Crippen LogP contribution in [0.5, 0.6) is 0 Å². The van der Waals surface area contributed by atoms with E-state index >= 15 is 0 Å². The zero-order valence-corrected chi connectivity index (χ0v) is 15.3. The highest BCUT2D eigenvalue weighted by molar-refractivity contribution is 7.18. The first kappa shape index (κ1) is 17.5. The molecule has 0 bridgehead atoms. The van der Waals surface area contributed by atoms with Gasteiger partial charge in [-0.15, -0.1) is 22.7 Å². The molecule has 0 saturated carbocycles. The van der Waals surface area contributed by atoms with E-state index in [-0.39, 0.29) is 18.3 Å². The number of benzene rings is 1. The van der Waals surface area contributed by atoms with Gasteiger partial charge in [-0.2, -0.15) is 0 Å². The lowest BCUT2D eigenvalue weighted by Crippen LogP contribution is -2.12. The first-order chi connectivity index (χ1) is 12.1. The maximum Gasteiger partial charge on any atom is 0.311 e. The molecule has 25 heavy (non-hydrogen) atoms. The number of para-hydroxylation sites is 1. The van der Waals surface area contributed by atoms with Crippen molar-refractivity contribution in [2.75, 3.05) is 11.9 Å². The molecule has 130 valence electrons. The summed E-state index contributed by atoms with van der Waals surface area (Å²) in [5, 5.41) is 5.95. The lowest BCUT2D eigenvalue weighted by molar-refractivity contribution is -0.142. The van der Waals surface area contributed by atoms with E-state index in [0.29, 0.717) is 30.3 Å². The Morgan fingerprint density at radius 3 is 2.88 bits per heavy atom. The molecule has 2 heterocycles. The molecule has 3 rings (SSSR count). The third-order valence-electron chi connectivity index (χ3n) is 3.33. The van der Waals surface area contributed by atoms with Crippen molar-refractivity contribution >= 4 is 49.9 Å². The van der Waals surface area contributed by atoms with Gasteiger partial charge in [-0.05, 0) is 19.1 Å². The summed E-state index contributed by atoms with van der Waals surface area (Å²) >= 11 is 2.91. The standard InChI is InChI=1S/C17H17N3O3S2/c1-2-23-16(22)9-11-10-24-17(18-11)20-14(21)7-8-15-19-12-5-3-4-6-13(12)25-15/h3-6,10H,2,7-9H2,1H3,(H,18,20,21). The van der Waals surface area contributed by atoms with Gasteiger partial charge in [0.25, 0.3) is 0 Å². The van der Waals surface area contributed by atoms with Crippen LogP contribution < -0.4 is 5.32 Å². The molecule has 0 aliphatic carbocycles. The van der Waals surface area contributed by atoms with Gasteiger partial charge in [-0.1, -0.05) is 12.1 Å². The van der Waals surface area contributed by atoms with Crippen molar-refractivity contribution in [2.45, 2.75) is 26.2 Å². The molecular formula is C17H17N3O3S2. The molecule has 0 aliphatic heterocycles. The number of aromatic nitrogens is 2. The van der Waals surface area contributed by atoms with E-state index < -0.39 is 0 Å². The number of hydrogen-bond acceptors (Lipinski definition) is 7. The maximum atomic E-state index is 12.1. The summed E-state index contributed by atoms with van der Waals surface area (Å²) in [5.74, 6) is -0.433. The number of amides is 1. The van der Waals surface area contributed by atoms with E-state index in [2.05, 4.69) is 15.3 Å². The number of nitrogens with one attached hydrogen (secondary N) is 1. The summed E-state index contributed by atoms with van der Waals surface area (Å²) in [6, 6.07) is 7.93. The molecule has 1 amide bonds. The molecule has 0 aliphatic rings. The number of carbonyl (C=O) groups excluding carboxylic acids is 2. The van der Waals surface area contributed by atoms with Gasteiger partial charge in [0.2, 0.25) is 5.91 Å². The van der Waals surface area contributed by atoms with Crippen LogP contribution in [-0.4, -0.2) is 28.5 Å². The highest BCUT2D eigenvalue weighted by Gasteiger charge is 2.11. The number of anilines is 1. The van der Waals surface area contributed by atoms with Crippen molar-refractivity contribution in [3.8, 4) is 0 Å². The molecule has 1 N–H and O–H groups in total. The predicted octanol–water partition coefficient (Wildman–Crippen LogP) is 3.43. The number of thiazole rings is 2. The van der Waals surface area contributed by atoms with E-state index in [1.807, 2.05) is 24.3 Å². The van der Waals surface area contributed by atoms with Gasteiger partial charge in [0.1, 0.15) is 0 Å². The van der Waals surface area contributed by atoms with Crippen LogP contribution in [0.1, 0.15) is 24.0 Å². The Kier molecular flexibility index (Phi) is 5.72. The Morgan fingerprint density at radius 2 is 2.08 bits per heavy atom. The summed E-state index contributed by atoms with van der Waals surface area (Å²) in [7, 11) is 0. The zero-order chi connectivity index (χ0) is 17.6. The van der Waals surface area contributed by atoms with Crippen LogP contribution in [0, 0.1) is 0 Å². The topological polar surface area (TPSA) is 81.2 Å². The Morgan fingerprint density at radius 1 is 1.24 bits per heavy atom. The molecule has 8 heteroatoms. The molecule has 1 aromatic carbocycles. The average Bonchev–Trinajstić information content (AvgIpc) is 3.19. The Hall–Kier alpha value is -2.32. The van der Waals surface area contributed by atoms with Gasteiger partial charge in [-0.25, -0.2) is 9.97 Å². The van der Waals surface area contributed by atoms with Crippen molar-refractivity contribution < 1.29 is 14.3 Å². The fraction of sp³-hybridized carbons (Fsp3) is 0.294. The molecule has 0 fully saturated rings. The predicted molar refractivity (Wildman–Crippen MR) is 99.0 cm³/mol. The number of aryl methyl sites for hydroxylation is 1. The van der Waals surface area contributed by atoms with Crippen molar-refractivity contribution in [1.29, 1.82) is 0 Å². The molecule has 0 atom stereocenters. The van der Waals surface area contributed by atoms with Crippen molar-refractivity contribution in [2.24, 2.45) is 0 Å². The number of rotatable bonds is 7. The van der Waals surface area contributed by atoms with Crippen LogP contribution in [0.25, 0.3) is 10.2 Å². The normalized spacial score (nSPS) is 10.8. The number of ether oxygens (including phenoxy) is 1. The van der Waals surface area contributed by atoms with Crippen LogP contribution in [0.2, 0.25) is 0 Å². The Balaban J connectivity index is 1.50. The summed E-state index contributed by atoms with van der Waals surface area (Å²) in [6.45, 7) is 2.11. The van der Waals surface area contributed by atoms with Gasteiger partial charge in [0.15, 0.2) is 5.13 Å². The highest BCUT2D eigenvalue weighted by Crippen LogP contribution is 2.23. The molecule has 0 radical (unpaired) electrons. The first-order valence-electron chi connectivity index (χ1n) is 7.88. The minimum absolute atomic E-state index is 0.115. The van der Waals surface area contributed by atoms with Crippen LogP contribution in [0.4, 0.5) is 5.13 Å². The summed E-state index contributed by atoms with van der Waals surface area (Å²) in [4.78, 5) is 32.3. The van der Waals surface area contributed by atoms with Crippen molar-refractivity contribution in [1.82, 2.24) is 9.97 Å². The summed E-state index contributed by atoms with van der Waals surface area (Å²) in [6.07, 6.45) is 1.05. The molecule has 0 spiro atoms. The lowest BCUT2D eigenvalue weighted by Gasteiger charge is -2.00. The minimum atomic E-state index is -0.318. The first-order valence-corrected chi connectivity index (χ1v) is 9.58. The second kappa shape index (κ2) is 8.17. The summed E-state index contributed by atoms with van der Waals surface area (Å²) < 4.78 is 6.01.